The van der Waals surface area contributed by atoms with Crippen LogP contribution in [0.3, 0.4) is 0 Å². The predicted molar refractivity (Wildman–Crippen MR) is 72.1 cm³/mol. The number of carboxylic acids is 1. The highest BCUT2D eigenvalue weighted by Crippen LogP contribution is 2.36. The van der Waals surface area contributed by atoms with Crippen LogP contribution in [0.5, 0.6) is 5.75 Å². The fourth-order valence-corrected chi connectivity index (χ4v) is 2.76. The number of rotatable bonds is 2. The van der Waals surface area contributed by atoms with Crippen LogP contribution in [0.1, 0.15) is 18.4 Å². The predicted octanol–water partition coefficient (Wildman–Crippen LogP) is 2.01. The fourth-order valence-electron chi connectivity index (χ4n) is 2.76. The summed E-state index contributed by atoms with van der Waals surface area (Å²) in [5.74, 6) is 0.165. The van der Waals surface area contributed by atoms with Crippen molar-refractivity contribution in [3.63, 3.8) is 0 Å². The number of fused-ring (bicyclic) bond motifs is 1. The number of para-hydroxylation sites is 1. The summed E-state index contributed by atoms with van der Waals surface area (Å²) >= 11 is 0. The number of carbonyl (C=O) groups is 1. The molecule has 100 valence electrons. The highest BCUT2D eigenvalue weighted by molar-refractivity contribution is 5.69. The Morgan fingerprint density at radius 2 is 2.05 bits per heavy atom. The van der Waals surface area contributed by atoms with E-state index in [1.807, 2.05) is 29.2 Å². The molecule has 0 bridgehead atoms. The van der Waals surface area contributed by atoms with Gasteiger partial charge in [-0.2, -0.15) is 0 Å². The molecule has 4 nitrogen and oxygen atoms in total. The fraction of sp³-hybridized carbons (Fsp3) is 0.400. The molecular formula is C15H17NO3. The second-order valence-electron chi connectivity index (χ2n) is 5.21. The number of carboxylic acid groups (broad SMARTS) is 1. The van der Waals surface area contributed by atoms with Gasteiger partial charge in [-0.05, 0) is 12.1 Å². The Kier molecular flexibility index (Phi) is 3.03. The van der Waals surface area contributed by atoms with Gasteiger partial charge in [-0.3, -0.25) is 9.69 Å². The van der Waals surface area contributed by atoms with Crippen LogP contribution >= 0.6 is 0 Å². The molecule has 1 spiro atoms. The first-order valence-electron chi connectivity index (χ1n) is 6.58. The lowest BCUT2D eigenvalue weighted by Gasteiger charge is -2.41. The summed E-state index contributed by atoms with van der Waals surface area (Å²) in [6.07, 6.45) is 5.93. The minimum absolute atomic E-state index is 0.121. The summed E-state index contributed by atoms with van der Waals surface area (Å²) in [5, 5.41) is 8.81. The van der Waals surface area contributed by atoms with Crippen LogP contribution in [0.25, 0.3) is 6.08 Å². The van der Waals surface area contributed by atoms with E-state index in [4.69, 9.17) is 9.84 Å². The second kappa shape index (κ2) is 4.70. The van der Waals surface area contributed by atoms with Crippen molar-refractivity contribution in [1.82, 2.24) is 4.90 Å². The molecule has 0 saturated carbocycles. The average molecular weight is 259 g/mol. The highest BCUT2D eigenvalue weighted by Gasteiger charge is 2.36. The molecule has 2 heterocycles. The summed E-state index contributed by atoms with van der Waals surface area (Å²) in [6, 6.07) is 8.01. The van der Waals surface area contributed by atoms with Crippen molar-refractivity contribution >= 4 is 12.0 Å². The minimum Gasteiger partial charge on any atom is -0.482 e. The molecule has 1 N–H and O–H groups in total. The van der Waals surface area contributed by atoms with E-state index in [1.165, 1.54) is 0 Å². The van der Waals surface area contributed by atoms with E-state index in [-0.39, 0.29) is 12.1 Å². The summed E-state index contributed by atoms with van der Waals surface area (Å²) in [7, 11) is 0. The first kappa shape index (κ1) is 12.2. The SMILES string of the molecule is O=C(O)CN1CCC2(C=Cc3ccccc3O2)CC1. The Balaban J connectivity index is 1.70. The molecule has 0 aliphatic carbocycles. The Bertz CT molecular complexity index is 516. The molecule has 1 aromatic carbocycles. The monoisotopic (exact) mass is 259 g/mol. The molecule has 3 rings (SSSR count). The van der Waals surface area contributed by atoms with Crippen LogP contribution in [0.2, 0.25) is 0 Å². The number of likely N-dealkylation sites (tertiary alicyclic amines) is 1. The van der Waals surface area contributed by atoms with Crippen molar-refractivity contribution < 1.29 is 14.6 Å². The molecule has 2 aliphatic heterocycles. The first-order valence-corrected chi connectivity index (χ1v) is 6.58. The Morgan fingerprint density at radius 1 is 1.32 bits per heavy atom. The standard InChI is InChI=1S/C15H17NO3/c17-14(18)11-16-9-7-15(8-10-16)6-5-12-3-1-2-4-13(12)19-15/h1-6H,7-11H2,(H,17,18). The van der Waals surface area contributed by atoms with Gasteiger partial charge in [0.1, 0.15) is 11.4 Å². The van der Waals surface area contributed by atoms with Gasteiger partial charge in [0.05, 0.1) is 6.54 Å². The minimum atomic E-state index is -0.763. The molecule has 19 heavy (non-hydrogen) atoms. The van der Waals surface area contributed by atoms with Gasteiger partial charge >= 0.3 is 5.97 Å². The molecule has 1 saturated heterocycles. The lowest BCUT2D eigenvalue weighted by molar-refractivity contribution is -0.139. The van der Waals surface area contributed by atoms with Crippen LogP contribution in [-0.4, -0.2) is 41.2 Å². The molecule has 0 amide bonds. The van der Waals surface area contributed by atoms with E-state index in [9.17, 15) is 4.79 Å². The van der Waals surface area contributed by atoms with Gasteiger partial charge in [0.2, 0.25) is 0 Å². The topological polar surface area (TPSA) is 49.8 Å². The van der Waals surface area contributed by atoms with Crippen molar-refractivity contribution in [2.75, 3.05) is 19.6 Å². The van der Waals surface area contributed by atoms with Crippen molar-refractivity contribution in [3.8, 4) is 5.75 Å². The van der Waals surface area contributed by atoms with Crippen LogP contribution < -0.4 is 4.74 Å². The van der Waals surface area contributed by atoms with Crippen LogP contribution in [0, 0.1) is 0 Å². The normalized spacial score (nSPS) is 20.8. The lowest BCUT2D eigenvalue weighted by Crippen LogP contribution is -2.48. The maximum atomic E-state index is 10.7. The Labute approximate surface area is 112 Å². The molecule has 0 radical (unpaired) electrons. The molecule has 0 atom stereocenters. The largest absolute Gasteiger partial charge is 0.482 e. The van der Waals surface area contributed by atoms with Crippen molar-refractivity contribution in [2.24, 2.45) is 0 Å². The number of hydrogen-bond donors (Lipinski definition) is 1. The quantitative estimate of drug-likeness (QED) is 0.882. The van der Waals surface area contributed by atoms with Crippen molar-refractivity contribution in [1.29, 1.82) is 0 Å². The van der Waals surface area contributed by atoms with E-state index in [0.29, 0.717) is 0 Å². The van der Waals surface area contributed by atoms with E-state index >= 15 is 0 Å². The molecular weight excluding hydrogens is 242 g/mol. The molecule has 1 fully saturated rings. The molecule has 4 heteroatoms. The molecule has 0 aromatic heterocycles. The zero-order chi connectivity index (χ0) is 13.3. The van der Waals surface area contributed by atoms with Gasteiger partial charge in [0, 0.05) is 31.5 Å². The van der Waals surface area contributed by atoms with Gasteiger partial charge in [0.25, 0.3) is 0 Å². The number of nitrogens with zero attached hydrogens (tertiary/aromatic N) is 1. The van der Waals surface area contributed by atoms with Gasteiger partial charge in [-0.25, -0.2) is 0 Å². The highest BCUT2D eigenvalue weighted by atomic mass is 16.5. The maximum absolute atomic E-state index is 10.7. The van der Waals surface area contributed by atoms with Crippen LogP contribution in [-0.2, 0) is 4.79 Å². The summed E-state index contributed by atoms with van der Waals surface area (Å²) in [5.41, 5.74) is 0.865. The average Bonchev–Trinajstić information content (AvgIpc) is 2.41. The van der Waals surface area contributed by atoms with Crippen molar-refractivity contribution in [3.05, 3.63) is 35.9 Å². The third-order valence-corrected chi connectivity index (χ3v) is 3.86. The number of hydrogen-bond acceptors (Lipinski definition) is 3. The van der Waals surface area contributed by atoms with E-state index in [2.05, 4.69) is 12.2 Å². The summed E-state index contributed by atoms with van der Waals surface area (Å²) < 4.78 is 6.15. The third-order valence-electron chi connectivity index (χ3n) is 3.86. The van der Waals surface area contributed by atoms with E-state index in [0.717, 1.165) is 37.2 Å². The van der Waals surface area contributed by atoms with Crippen molar-refractivity contribution in [2.45, 2.75) is 18.4 Å². The zero-order valence-corrected chi connectivity index (χ0v) is 10.7. The zero-order valence-electron chi connectivity index (χ0n) is 10.7. The molecule has 0 unspecified atom stereocenters. The van der Waals surface area contributed by atoms with Crippen LogP contribution in [0.4, 0.5) is 0 Å². The van der Waals surface area contributed by atoms with Gasteiger partial charge < -0.3 is 9.84 Å². The summed E-state index contributed by atoms with van der Waals surface area (Å²) in [4.78, 5) is 12.7. The number of benzene rings is 1. The first-order chi connectivity index (χ1) is 9.17. The van der Waals surface area contributed by atoms with E-state index < -0.39 is 5.97 Å². The maximum Gasteiger partial charge on any atom is 0.317 e. The lowest BCUT2D eigenvalue weighted by atomic mass is 9.88. The summed E-state index contributed by atoms with van der Waals surface area (Å²) in [6.45, 7) is 1.65. The van der Waals surface area contributed by atoms with Gasteiger partial charge in [-0.1, -0.05) is 24.3 Å². The molecule has 2 aliphatic rings. The molecule has 1 aromatic rings. The number of piperidine rings is 1. The Hall–Kier alpha value is -1.81. The Morgan fingerprint density at radius 3 is 2.79 bits per heavy atom. The number of ether oxygens (including phenoxy) is 1. The third kappa shape index (κ3) is 2.49. The van der Waals surface area contributed by atoms with Gasteiger partial charge in [-0.15, -0.1) is 0 Å². The van der Waals surface area contributed by atoms with E-state index in [1.54, 1.807) is 0 Å². The number of aliphatic carboxylic acids is 1. The van der Waals surface area contributed by atoms with Gasteiger partial charge in [0.15, 0.2) is 0 Å². The van der Waals surface area contributed by atoms with Crippen LogP contribution in [0.15, 0.2) is 30.3 Å². The smallest absolute Gasteiger partial charge is 0.317 e. The second-order valence-corrected chi connectivity index (χ2v) is 5.21.